The molecule has 0 heteroatoms. The van der Waals surface area contributed by atoms with Gasteiger partial charge in [-0.1, -0.05) is 123 Å². The van der Waals surface area contributed by atoms with Gasteiger partial charge in [0.25, 0.3) is 0 Å². The highest BCUT2D eigenvalue weighted by molar-refractivity contribution is 6.25. The Hall–Kier alpha value is -4.94. The second-order valence-corrected chi connectivity index (χ2v) is 12.2. The molecule has 8 aromatic carbocycles. The summed E-state index contributed by atoms with van der Waals surface area (Å²) in [6.07, 6.45) is 0. The summed E-state index contributed by atoms with van der Waals surface area (Å²) in [6, 6.07) is 49.9. The molecule has 0 aliphatic heterocycles. The standard InChI is InChI=1S/C41H28/c1-41(2)37-23-31(33-18-15-28-12-11-26-9-6-10-27-16-20-35(33)40(28)39(26)27)17-19-34(37)36-22-30-14-13-29(21-32(30)24-38(36)41)25-7-4-3-5-8-25/h3-24H,1-2H3. The molecular weight excluding hydrogens is 492 g/mol. The van der Waals surface area contributed by atoms with Gasteiger partial charge in [0.05, 0.1) is 0 Å². The minimum Gasteiger partial charge on any atom is -0.0622 e. The predicted molar refractivity (Wildman–Crippen MR) is 176 cm³/mol. The predicted octanol–water partition coefficient (Wildman–Crippen LogP) is 11.4. The van der Waals surface area contributed by atoms with Crippen molar-refractivity contribution in [3.8, 4) is 33.4 Å². The normalized spacial score (nSPS) is 13.8. The largest absolute Gasteiger partial charge is 0.0622 e. The number of rotatable bonds is 2. The van der Waals surface area contributed by atoms with Crippen LogP contribution in [0.3, 0.4) is 0 Å². The lowest BCUT2D eigenvalue weighted by Gasteiger charge is -2.23. The molecule has 0 unspecified atom stereocenters. The number of hydrogen-bond acceptors (Lipinski definition) is 0. The lowest BCUT2D eigenvalue weighted by atomic mass is 9.80. The molecule has 0 spiro atoms. The molecule has 0 amide bonds. The van der Waals surface area contributed by atoms with Gasteiger partial charge in [0, 0.05) is 5.41 Å². The third-order valence-electron chi connectivity index (χ3n) is 9.58. The van der Waals surface area contributed by atoms with Crippen molar-refractivity contribution < 1.29 is 0 Å². The summed E-state index contributed by atoms with van der Waals surface area (Å²) in [6.45, 7) is 4.77. The van der Waals surface area contributed by atoms with Crippen molar-refractivity contribution in [3.63, 3.8) is 0 Å². The summed E-state index contributed by atoms with van der Waals surface area (Å²) < 4.78 is 0. The second-order valence-electron chi connectivity index (χ2n) is 12.2. The molecule has 192 valence electrons. The molecule has 1 aliphatic carbocycles. The van der Waals surface area contributed by atoms with Crippen molar-refractivity contribution in [1.82, 2.24) is 0 Å². The van der Waals surface area contributed by atoms with Crippen LogP contribution in [0.4, 0.5) is 0 Å². The Labute approximate surface area is 239 Å². The van der Waals surface area contributed by atoms with E-state index in [1.54, 1.807) is 0 Å². The molecule has 0 fully saturated rings. The Morgan fingerprint density at radius 1 is 0.366 bits per heavy atom. The van der Waals surface area contributed by atoms with E-state index in [0.717, 1.165) is 0 Å². The smallest absolute Gasteiger partial charge is 0.0159 e. The van der Waals surface area contributed by atoms with Gasteiger partial charge in [0.2, 0.25) is 0 Å². The molecule has 0 bridgehead atoms. The van der Waals surface area contributed by atoms with Gasteiger partial charge in [-0.25, -0.2) is 0 Å². The maximum atomic E-state index is 2.46. The highest BCUT2D eigenvalue weighted by atomic mass is 14.4. The van der Waals surface area contributed by atoms with Crippen molar-refractivity contribution in [1.29, 1.82) is 0 Å². The van der Waals surface area contributed by atoms with Gasteiger partial charge in [-0.15, -0.1) is 0 Å². The van der Waals surface area contributed by atoms with Gasteiger partial charge in [0.15, 0.2) is 0 Å². The Morgan fingerprint density at radius 3 is 1.85 bits per heavy atom. The van der Waals surface area contributed by atoms with E-state index < -0.39 is 0 Å². The molecule has 8 aromatic rings. The van der Waals surface area contributed by atoms with E-state index in [0.29, 0.717) is 0 Å². The molecule has 0 radical (unpaired) electrons. The number of hydrogen-bond donors (Lipinski definition) is 0. The molecule has 0 aromatic heterocycles. The van der Waals surface area contributed by atoms with Crippen LogP contribution in [0, 0.1) is 0 Å². The van der Waals surface area contributed by atoms with Gasteiger partial charge in [-0.3, -0.25) is 0 Å². The van der Waals surface area contributed by atoms with Crippen LogP contribution in [-0.2, 0) is 5.41 Å². The number of fused-ring (bicyclic) bond motifs is 4. The number of benzene rings is 8. The van der Waals surface area contributed by atoms with Crippen LogP contribution in [0.5, 0.6) is 0 Å². The maximum absolute atomic E-state index is 2.46. The average molecular weight is 521 g/mol. The average Bonchev–Trinajstić information content (AvgIpc) is 3.24. The summed E-state index contributed by atoms with van der Waals surface area (Å²) in [5.41, 5.74) is 10.6. The Kier molecular flexibility index (Phi) is 4.49. The van der Waals surface area contributed by atoms with Crippen molar-refractivity contribution in [2.45, 2.75) is 19.3 Å². The van der Waals surface area contributed by atoms with Crippen LogP contribution >= 0.6 is 0 Å². The van der Waals surface area contributed by atoms with Crippen LogP contribution < -0.4 is 0 Å². The quantitative estimate of drug-likeness (QED) is 0.199. The fourth-order valence-corrected chi connectivity index (χ4v) is 7.44. The zero-order valence-corrected chi connectivity index (χ0v) is 23.2. The van der Waals surface area contributed by atoms with Crippen molar-refractivity contribution in [3.05, 3.63) is 145 Å². The molecule has 0 nitrogen and oxygen atoms in total. The minimum absolute atomic E-state index is 0.0819. The Bertz CT molecular complexity index is 2300. The lowest BCUT2D eigenvalue weighted by molar-refractivity contribution is 0.661. The molecule has 0 saturated heterocycles. The zero-order chi connectivity index (χ0) is 27.3. The highest BCUT2D eigenvalue weighted by Crippen LogP contribution is 2.51. The summed E-state index contributed by atoms with van der Waals surface area (Å²) in [5, 5.41) is 10.6. The van der Waals surface area contributed by atoms with E-state index >= 15 is 0 Å². The Morgan fingerprint density at radius 2 is 1.02 bits per heavy atom. The van der Waals surface area contributed by atoms with Crippen molar-refractivity contribution in [2.24, 2.45) is 0 Å². The molecule has 0 N–H and O–H groups in total. The minimum atomic E-state index is -0.0819. The second kappa shape index (κ2) is 8.05. The third kappa shape index (κ3) is 3.16. The SMILES string of the molecule is CC1(C)c2cc(-c3ccc4ccc5cccc6ccc3c4c56)ccc2-c2cc3ccc(-c4ccccc4)cc3cc21. The van der Waals surface area contributed by atoms with E-state index in [9.17, 15) is 0 Å². The van der Waals surface area contributed by atoms with Crippen molar-refractivity contribution in [2.75, 3.05) is 0 Å². The van der Waals surface area contributed by atoms with Gasteiger partial charge >= 0.3 is 0 Å². The first-order chi connectivity index (χ1) is 20.1. The first-order valence-corrected chi connectivity index (χ1v) is 14.5. The first kappa shape index (κ1) is 22.8. The third-order valence-corrected chi connectivity index (χ3v) is 9.58. The lowest BCUT2D eigenvalue weighted by Crippen LogP contribution is -2.15. The zero-order valence-electron chi connectivity index (χ0n) is 23.2. The van der Waals surface area contributed by atoms with E-state index in [-0.39, 0.29) is 5.41 Å². The van der Waals surface area contributed by atoms with Gasteiger partial charge in [-0.2, -0.15) is 0 Å². The highest BCUT2D eigenvalue weighted by Gasteiger charge is 2.36. The molecule has 9 rings (SSSR count). The summed E-state index contributed by atoms with van der Waals surface area (Å²) in [7, 11) is 0. The molecule has 41 heavy (non-hydrogen) atoms. The molecular formula is C41H28. The summed E-state index contributed by atoms with van der Waals surface area (Å²) in [5.74, 6) is 0. The van der Waals surface area contributed by atoms with E-state index in [2.05, 4.69) is 147 Å². The Balaban J connectivity index is 1.22. The monoisotopic (exact) mass is 520 g/mol. The topological polar surface area (TPSA) is 0 Å². The molecule has 0 saturated carbocycles. The van der Waals surface area contributed by atoms with Crippen LogP contribution in [-0.4, -0.2) is 0 Å². The van der Waals surface area contributed by atoms with E-state index in [1.165, 1.54) is 87.6 Å². The van der Waals surface area contributed by atoms with Crippen LogP contribution in [0.15, 0.2) is 133 Å². The molecule has 0 atom stereocenters. The first-order valence-electron chi connectivity index (χ1n) is 14.5. The summed E-state index contributed by atoms with van der Waals surface area (Å²) in [4.78, 5) is 0. The van der Waals surface area contributed by atoms with Crippen LogP contribution in [0.1, 0.15) is 25.0 Å². The maximum Gasteiger partial charge on any atom is 0.0159 e. The van der Waals surface area contributed by atoms with E-state index in [1.807, 2.05) is 0 Å². The van der Waals surface area contributed by atoms with Gasteiger partial charge < -0.3 is 0 Å². The van der Waals surface area contributed by atoms with Gasteiger partial charge in [-0.05, 0) is 112 Å². The summed E-state index contributed by atoms with van der Waals surface area (Å²) >= 11 is 0. The van der Waals surface area contributed by atoms with Crippen LogP contribution in [0.25, 0.3) is 76.5 Å². The fraction of sp³-hybridized carbons (Fsp3) is 0.0732. The van der Waals surface area contributed by atoms with E-state index in [4.69, 9.17) is 0 Å². The van der Waals surface area contributed by atoms with Crippen molar-refractivity contribution >= 4 is 43.1 Å². The molecule has 0 heterocycles. The molecule has 1 aliphatic rings. The van der Waals surface area contributed by atoms with Crippen LogP contribution in [0.2, 0.25) is 0 Å². The van der Waals surface area contributed by atoms with Gasteiger partial charge in [0.1, 0.15) is 0 Å². The fourth-order valence-electron chi connectivity index (χ4n) is 7.44.